The van der Waals surface area contributed by atoms with Gasteiger partial charge in [0, 0.05) is 44.6 Å². The van der Waals surface area contributed by atoms with Crippen LogP contribution in [0.4, 0.5) is 0 Å². The summed E-state index contributed by atoms with van der Waals surface area (Å²) in [5.74, 6) is 0.927. The Morgan fingerprint density at radius 3 is 2.61 bits per heavy atom. The zero-order chi connectivity index (χ0) is 16.1. The van der Waals surface area contributed by atoms with E-state index in [4.69, 9.17) is 0 Å². The van der Waals surface area contributed by atoms with Crippen molar-refractivity contribution in [2.24, 2.45) is 5.92 Å². The number of pyridine rings is 1. The summed E-state index contributed by atoms with van der Waals surface area (Å²) in [4.78, 5) is 18.4. The average molecular weight is 312 g/mol. The molecular weight excluding hydrogens is 288 g/mol. The summed E-state index contributed by atoms with van der Waals surface area (Å²) in [5.41, 5.74) is 2.34. The van der Waals surface area contributed by atoms with Gasteiger partial charge >= 0.3 is 0 Å². The third-order valence-electron chi connectivity index (χ3n) is 4.57. The van der Waals surface area contributed by atoms with Crippen molar-refractivity contribution in [3.8, 4) is 0 Å². The Morgan fingerprint density at radius 2 is 1.96 bits per heavy atom. The van der Waals surface area contributed by atoms with E-state index in [-0.39, 0.29) is 5.91 Å². The molecule has 0 unspecified atom stereocenters. The van der Waals surface area contributed by atoms with Gasteiger partial charge in [0.2, 0.25) is 5.91 Å². The van der Waals surface area contributed by atoms with Crippen LogP contribution in [-0.2, 0) is 17.8 Å². The van der Waals surface area contributed by atoms with E-state index in [2.05, 4.69) is 22.2 Å². The normalized spacial score (nSPS) is 15.8. The summed E-state index contributed by atoms with van der Waals surface area (Å²) in [6.45, 7) is 4.40. The van der Waals surface area contributed by atoms with Crippen molar-refractivity contribution >= 4 is 5.91 Å². The van der Waals surface area contributed by atoms with E-state index in [9.17, 15) is 4.79 Å². The Balaban J connectivity index is 1.42. The number of nitrogens with zero attached hydrogens (tertiary/aromatic N) is 4. The molecule has 122 valence electrons. The first-order valence-corrected chi connectivity index (χ1v) is 8.37. The fourth-order valence-corrected chi connectivity index (χ4v) is 3.19. The fourth-order valence-electron chi connectivity index (χ4n) is 3.19. The second kappa shape index (κ2) is 7.40. The number of rotatable bonds is 5. The number of likely N-dealkylation sites (tertiary alicyclic amines) is 1. The summed E-state index contributed by atoms with van der Waals surface area (Å²) in [6.07, 6.45) is 9.46. The zero-order valence-electron chi connectivity index (χ0n) is 13.7. The van der Waals surface area contributed by atoms with Gasteiger partial charge in [-0.3, -0.25) is 14.5 Å². The first-order valence-electron chi connectivity index (χ1n) is 8.37. The minimum atomic E-state index is 0.250. The van der Waals surface area contributed by atoms with Gasteiger partial charge in [0.15, 0.2) is 0 Å². The van der Waals surface area contributed by atoms with Gasteiger partial charge in [-0.15, -0.1) is 0 Å². The molecular formula is C18H24N4O. The maximum Gasteiger partial charge on any atom is 0.224 e. The highest BCUT2D eigenvalue weighted by Crippen LogP contribution is 2.21. The van der Waals surface area contributed by atoms with Crippen LogP contribution in [0.15, 0.2) is 36.8 Å². The molecule has 0 spiro atoms. The topological polar surface area (TPSA) is 51.0 Å². The minimum Gasteiger partial charge on any atom is -0.343 e. The lowest BCUT2D eigenvalue weighted by Gasteiger charge is -2.32. The van der Waals surface area contributed by atoms with Gasteiger partial charge in [0.25, 0.3) is 0 Å². The van der Waals surface area contributed by atoms with Crippen LogP contribution in [-0.4, -0.2) is 38.7 Å². The fraction of sp³-hybridized carbons (Fsp3) is 0.500. The third kappa shape index (κ3) is 4.41. The molecule has 2 aromatic rings. The third-order valence-corrected chi connectivity index (χ3v) is 4.57. The summed E-state index contributed by atoms with van der Waals surface area (Å²) in [5, 5.41) is 4.33. The molecule has 5 heteroatoms. The maximum atomic E-state index is 12.3. The second-order valence-corrected chi connectivity index (χ2v) is 6.35. The summed E-state index contributed by atoms with van der Waals surface area (Å²) < 4.78 is 1.85. The standard InChI is InChI=1S/C18H24N4O/c1-15-4-12-22(20-15)13-7-18(23)21-10-5-17(6-11-21)14-16-2-8-19-9-3-16/h2-4,8-9,12,17H,5-7,10-11,13-14H2,1H3. The number of amides is 1. The van der Waals surface area contributed by atoms with Crippen LogP contribution in [0.25, 0.3) is 0 Å². The van der Waals surface area contributed by atoms with Crippen molar-refractivity contribution in [1.82, 2.24) is 19.7 Å². The van der Waals surface area contributed by atoms with Gasteiger partial charge in [-0.05, 0) is 55.9 Å². The first-order chi connectivity index (χ1) is 11.2. The summed E-state index contributed by atoms with van der Waals surface area (Å²) in [6, 6.07) is 6.14. The smallest absolute Gasteiger partial charge is 0.224 e. The van der Waals surface area contributed by atoms with E-state index < -0.39 is 0 Å². The molecule has 0 aromatic carbocycles. The van der Waals surface area contributed by atoms with Crippen LogP contribution in [0.2, 0.25) is 0 Å². The molecule has 0 saturated carbocycles. The molecule has 0 bridgehead atoms. The van der Waals surface area contributed by atoms with Gasteiger partial charge in [-0.25, -0.2) is 0 Å². The van der Waals surface area contributed by atoms with E-state index in [0.717, 1.165) is 38.0 Å². The molecule has 0 radical (unpaired) electrons. The maximum absolute atomic E-state index is 12.3. The van der Waals surface area contributed by atoms with E-state index in [0.29, 0.717) is 18.9 Å². The molecule has 5 nitrogen and oxygen atoms in total. The summed E-state index contributed by atoms with van der Waals surface area (Å²) >= 11 is 0. The second-order valence-electron chi connectivity index (χ2n) is 6.35. The lowest BCUT2D eigenvalue weighted by Crippen LogP contribution is -2.39. The molecule has 1 saturated heterocycles. The Labute approximate surface area is 137 Å². The largest absolute Gasteiger partial charge is 0.343 e. The van der Waals surface area contributed by atoms with Crippen LogP contribution in [0.3, 0.4) is 0 Å². The highest BCUT2D eigenvalue weighted by Gasteiger charge is 2.22. The van der Waals surface area contributed by atoms with Crippen LogP contribution >= 0.6 is 0 Å². The SMILES string of the molecule is Cc1ccn(CCC(=O)N2CCC(Cc3ccncc3)CC2)n1. The van der Waals surface area contributed by atoms with E-state index >= 15 is 0 Å². The van der Waals surface area contributed by atoms with E-state index in [1.165, 1.54) is 5.56 Å². The predicted molar refractivity (Wildman–Crippen MR) is 88.8 cm³/mol. The van der Waals surface area contributed by atoms with E-state index in [1.54, 1.807) is 0 Å². The Bertz CT molecular complexity index is 629. The predicted octanol–water partition coefficient (Wildman–Crippen LogP) is 2.46. The van der Waals surface area contributed by atoms with Crippen LogP contribution in [0, 0.1) is 12.8 Å². The molecule has 0 N–H and O–H groups in total. The number of hydrogen-bond acceptors (Lipinski definition) is 3. The number of carbonyl (C=O) groups is 1. The molecule has 1 aliphatic rings. The van der Waals surface area contributed by atoms with Gasteiger partial charge < -0.3 is 4.90 Å². The lowest BCUT2D eigenvalue weighted by atomic mass is 9.90. The Hall–Kier alpha value is -2.17. The Morgan fingerprint density at radius 1 is 1.22 bits per heavy atom. The van der Waals surface area contributed by atoms with Crippen molar-refractivity contribution in [2.45, 2.75) is 39.2 Å². The van der Waals surface area contributed by atoms with E-state index in [1.807, 2.05) is 41.2 Å². The minimum absolute atomic E-state index is 0.250. The van der Waals surface area contributed by atoms with Crippen LogP contribution < -0.4 is 0 Å². The average Bonchev–Trinajstić information content (AvgIpc) is 3.00. The zero-order valence-corrected chi connectivity index (χ0v) is 13.7. The molecule has 0 aliphatic carbocycles. The highest BCUT2D eigenvalue weighted by molar-refractivity contribution is 5.76. The van der Waals surface area contributed by atoms with Crippen molar-refractivity contribution in [3.05, 3.63) is 48.0 Å². The van der Waals surface area contributed by atoms with Crippen molar-refractivity contribution < 1.29 is 4.79 Å². The molecule has 1 fully saturated rings. The van der Waals surface area contributed by atoms with Crippen molar-refractivity contribution in [1.29, 1.82) is 0 Å². The number of aryl methyl sites for hydroxylation is 2. The monoisotopic (exact) mass is 312 g/mol. The molecule has 3 heterocycles. The Kier molecular flexibility index (Phi) is 5.05. The van der Waals surface area contributed by atoms with Gasteiger partial charge in [0.05, 0.1) is 5.69 Å². The van der Waals surface area contributed by atoms with Gasteiger partial charge in [-0.1, -0.05) is 0 Å². The number of piperidine rings is 1. The molecule has 1 aliphatic heterocycles. The quantitative estimate of drug-likeness (QED) is 0.852. The van der Waals surface area contributed by atoms with Crippen LogP contribution in [0.1, 0.15) is 30.5 Å². The molecule has 0 atom stereocenters. The molecule has 3 rings (SSSR count). The van der Waals surface area contributed by atoms with Crippen LogP contribution in [0.5, 0.6) is 0 Å². The van der Waals surface area contributed by atoms with Crippen molar-refractivity contribution in [2.75, 3.05) is 13.1 Å². The number of carbonyl (C=O) groups excluding carboxylic acids is 1. The van der Waals surface area contributed by atoms with Crippen molar-refractivity contribution in [3.63, 3.8) is 0 Å². The highest BCUT2D eigenvalue weighted by atomic mass is 16.2. The number of aromatic nitrogens is 3. The molecule has 2 aromatic heterocycles. The van der Waals surface area contributed by atoms with Gasteiger partial charge in [0.1, 0.15) is 0 Å². The lowest BCUT2D eigenvalue weighted by molar-refractivity contribution is -0.132. The summed E-state index contributed by atoms with van der Waals surface area (Å²) in [7, 11) is 0. The van der Waals surface area contributed by atoms with Gasteiger partial charge in [-0.2, -0.15) is 5.10 Å². The molecule has 23 heavy (non-hydrogen) atoms. The first kappa shape index (κ1) is 15.7. The number of hydrogen-bond donors (Lipinski definition) is 0. The molecule has 1 amide bonds.